The molecule has 5 rings (SSSR count). The predicted molar refractivity (Wildman–Crippen MR) is 118 cm³/mol. The highest BCUT2D eigenvalue weighted by Crippen LogP contribution is 2.38. The summed E-state index contributed by atoms with van der Waals surface area (Å²) in [4.78, 5) is 11.2. The number of nitrogens with one attached hydrogen (secondary N) is 1. The van der Waals surface area contributed by atoms with Gasteiger partial charge in [-0.2, -0.15) is 8.42 Å². The molecule has 8 heteroatoms. The van der Waals surface area contributed by atoms with Gasteiger partial charge in [-0.25, -0.2) is 14.2 Å². The van der Waals surface area contributed by atoms with Gasteiger partial charge in [0, 0.05) is 31.1 Å². The van der Waals surface area contributed by atoms with Crippen molar-refractivity contribution in [3.05, 3.63) is 72.6 Å². The first-order valence-corrected chi connectivity index (χ1v) is 11.8. The van der Waals surface area contributed by atoms with Gasteiger partial charge >= 0.3 is 0 Å². The maximum absolute atomic E-state index is 13.0. The molecule has 160 valence electrons. The molecule has 0 saturated carbocycles. The highest BCUT2D eigenvalue weighted by Gasteiger charge is 2.47. The van der Waals surface area contributed by atoms with Crippen molar-refractivity contribution in [3.8, 4) is 11.4 Å². The Morgan fingerprint density at radius 3 is 2.42 bits per heavy atom. The van der Waals surface area contributed by atoms with Crippen molar-refractivity contribution in [3.63, 3.8) is 0 Å². The van der Waals surface area contributed by atoms with E-state index in [2.05, 4.69) is 15.3 Å². The Morgan fingerprint density at radius 2 is 1.71 bits per heavy atom. The lowest BCUT2D eigenvalue weighted by atomic mass is 10.00. The standard InChI is InChI=1S/C23H24N4O3S/c1-16-7-9-20(10-8-16)31(28,29)30-23-21-14-24-11-18(21)15-27(23)19-12-25-22(26-13-19)17-5-3-2-4-6-17/h2-10,12-13,18,21,23-24H,11,14-15H2,1H3. The van der Waals surface area contributed by atoms with E-state index in [4.69, 9.17) is 4.18 Å². The number of aryl methyl sites for hydroxylation is 1. The molecule has 0 amide bonds. The Kier molecular flexibility index (Phi) is 5.21. The van der Waals surface area contributed by atoms with Gasteiger partial charge in [0.2, 0.25) is 0 Å². The molecule has 3 atom stereocenters. The minimum absolute atomic E-state index is 0.0778. The van der Waals surface area contributed by atoms with E-state index in [0.717, 1.165) is 29.9 Å². The van der Waals surface area contributed by atoms with Crippen LogP contribution in [0.25, 0.3) is 11.4 Å². The van der Waals surface area contributed by atoms with E-state index in [1.807, 2.05) is 42.2 Å². The monoisotopic (exact) mass is 436 g/mol. The Balaban J connectivity index is 1.43. The van der Waals surface area contributed by atoms with Gasteiger partial charge in [0.15, 0.2) is 12.1 Å². The van der Waals surface area contributed by atoms with Crippen molar-refractivity contribution in [1.29, 1.82) is 0 Å². The van der Waals surface area contributed by atoms with Crippen LogP contribution in [0.3, 0.4) is 0 Å². The summed E-state index contributed by atoms with van der Waals surface area (Å²) in [5, 5.41) is 3.36. The van der Waals surface area contributed by atoms with Gasteiger partial charge in [0.05, 0.1) is 23.0 Å². The minimum Gasteiger partial charge on any atom is -0.342 e. The van der Waals surface area contributed by atoms with Crippen LogP contribution >= 0.6 is 0 Å². The predicted octanol–water partition coefficient (Wildman–Crippen LogP) is 2.84. The molecule has 2 aromatic carbocycles. The SMILES string of the molecule is Cc1ccc(S(=O)(=O)OC2C3CNCC3CN2c2cnc(-c3ccccc3)nc2)cc1. The average Bonchev–Trinajstić information content (AvgIpc) is 3.37. The summed E-state index contributed by atoms with van der Waals surface area (Å²) in [5.74, 6) is 1.02. The van der Waals surface area contributed by atoms with Crippen LogP contribution in [0.4, 0.5) is 5.69 Å². The van der Waals surface area contributed by atoms with E-state index in [0.29, 0.717) is 18.3 Å². The summed E-state index contributed by atoms with van der Waals surface area (Å²) >= 11 is 0. The van der Waals surface area contributed by atoms with E-state index in [1.54, 1.807) is 36.7 Å². The van der Waals surface area contributed by atoms with Crippen molar-refractivity contribution in [2.75, 3.05) is 24.5 Å². The van der Waals surface area contributed by atoms with Crippen LogP contribution in [0.5, 0.6) is 0 Å². The normalized spacial score (nSPS) is 23.1. The summed E-state index contributed by atoms with van der Waals surface area (Å²) in [6.45, 7) is 4.18. The molecule has 2 fully saturated rings. The zero-order valence-corrected chi connectivity index (χ0v) is 18.0. The van der Waals surface area contributed by atoms with Gasteiger partial charge in [0.1, 0.15) is 0 Å². The van der Waals surface area contributed by atoms with Gasteiger partial charge in [-0.3, -0.25) is 0 Å². The molecule has 0 radical (unpaired) electrons. The fraction of sp³-hybridized carbons (Fsp3) is 0.304. The van der Waals surface area contributed by atoms with Crippen LogP contribution in [0.15, 0.2) is 71.9 Å². The first kappa shape index (κ1) is 20.1. The quantitative estimate of drug-likeness (QED) is 0.616. The smallest absolute Gasteiger partial charge is 0.298 e. The van der Waals surface area contributed by atoms with Crippen LogP contribution in [-0.4, -0.2) is 44.2 Å². The summed E-state index contributed by atoms with van der Waals surface area (Å²) in [5.41, 5.74) is 2.70. The topological polar surface area (TPSA) is 84.4 Å². The average molecular weight is 437 g/mol. The number of anilines is 1. The number of fused-ring (bicyclic) bond motifs is 1. The van der Waals surface area contributed by atoms with E-state index in [1.165, 1.54) is 0 Å². The van der Waals surface area contributed by atoms with Crippen molar-refractivity contribution in [1.82, 2.24) is 15.3 Å². The van der Waals surface area contributed by atoms with Gasteiger partial charge in [-0.05, 0) is 25.0 Å². The van der Waals surface area contributed by atoms with Crippen molar-refractivity contribution < 1.29 is 12.6 Å². The molecule has 0 aliphatic carbocycles. The van der Waals surface area contributed by atoms with Crippen molar-refractivity contribution in [2.24, 2.45) is 11.8 Å². The number of aromatic nitrogens is 2. The Hall–Kier alpha value is -2.81. The summed E-state index contributed by atoms with van der Waals surface area (Å²) in [6.07, 6.45) is 2.90. The fourth-order valence-electron chi connectivity index (χ4n) is 4.35. The molecule has 3 aromatic rings. The number of nitrogens with zero attached hydrogens (tertiary/aromatic N) is 3. The van der Waals surface area contributed by atoms with Gasteiger partial charge in [-0.1, -0.05) is 48.0 Å². The maximum Gasteiger partial charge on any atom is 0.298 e. The molecule has 0 bridgehead atoms. The van der Waals surface area contributed by atoms with Crippen LogP contribution in [0.2, 0.25) is 0 Å². The second-order valence-corrected chi connectivity index (χ2v) is 9.69. The number of benzene rings is 2. The maximum atomic E-state index is 13.0. The Morgan fingerprint density at radius 1 is 1.00 bits per heavy atom. The third kappa shape index (κ3) is 3.94. The molecular weight excluding hydrogens is 412 g/mol. The summed E-state index contributed by atoms with van der Waals surface area (Å²) in [7, 11) is -3.90. The second kappa shape index (κ2) is 8.03. The Labute approximate surface area is 182 Å². The molecule has 2 aliphatic heterocycles. The first-order valence-electron chi connectivity index (χ1n) is 10.4. The molecule has 0 spiro atoms. The van der Waals surface area contributed by atoms with Crippen LogP contribution < -0.4 is 10.2 Å². The number of rotatable bonds is 5. The van der Waals surface area contributed by atoms with Gasteiger partial charge in [-0.15, -0.1) is 0 Å². The van der Waals surface area contributed by atoms with Crippen LogP contribution in [-0.2, 0) is 14.3 Å². The highest BCUT2D eigenvalue weighted by molar-refractivity contribution is 7.86. The second-order valence-electron chi connectivity index (χ2n) is 8.12. The summed E-state index contributed by atoms with van der Waals surface area (Å²) in [6, 6.07) is 16.5. The third-order valence-corrected chi connectivity index (χ3v) is 7.33. The van der Waals surface area contributed by atoms with Crippen molar-refractivity contribution in [2.45, 2.75) is 18.0 Å². The molecule has 1 aromatic heterocycles. The minimum atomic E-state index is -3.90. The van der Waals surface area contributed by atoms with Crippen LogP contribution in [0.1, 0.15) is 5.56 Å². The third-order valence-electron chi connectivity index (χ3n) is 6.03. The molecular formula is C23H24N4O3S. The molecule has 7 nitrogen and oxygen atoms in total. The molecule has 2 saturated heterocycles. The molecule has 31 heavy (non-hydrogen) atoms. The number of hydrogen-bond donors (Lipinski definition) is 1. The molecule has 1 N–H and O–H groups in total. The zero-order valence-electron chi connectivity index (χ0n) is 17.2. The fourth-order valence-corrected chi connectivity index (χ4v) is 5.43. The molecule has 3 unspecified atom stereocenters. The first-order chi connectivity index (χ1) is 15.0. The highest BCUT2D eigenvalue weighted by atomic mass is 32.2. The lowest BCUT2D eigenvalue weighted by molar-refractivity contribution is 0.167. The lowest BCUT2D eigenvalue weighted by Crippen LogP contribution is -2.39. The lowest BCUT2D eigenvalue weighted by Gasteiger charge is -2.28. The summed E-state index contributed by atoms with van der Waals surface area (Å²) < 4.78 is 31.8. The molecule has 3 heterocycles. The van der Waals surface area contributed by atoms with Crippen LogP contribution in [0, 0.1) is 18.8 Å². The Bertz CT molecular complexity index is 1150. The number of hydrogen-bond acceptors (Lipinski definition) is 7. The zero-order chi connectivity index (χ0) is 21.4. The largest absolute Gasteiger partial charge is 0.342 e. The van der Waals surface area contributed by atoms with Gasteiger partial charge in [0.25, 0.3) is 10.1 Å². The van der Waals surface area contributed by atoms with E-state index in [-0.39, 0.29) is 10.8 Å². The van der Waals surface area contributed by atoms with Gasteiger partial charge < -0.3 is 10.2 Å². The molecule has 2 aliphatic rings. The van der Waals surface area contributed by atoms with E-state index < -0.39 is 16.3 Å². The van der Waals surface area contributed by atoms with E-state index in [9.17, 15) is 8.42 Å². The van der Waals surface area contributed by atoms with E-state index >= 15 is 0 Å². The van der Waals surface area contributed by atoms with Crippen molar-refractivity contribution >= 4 is 15.8 Å².